The molecule has 8 rings (SSSR count). The molecule has 4 aromatic heterocycles. The van der Waals surface area contributed by atoms with Crippen LogP contribution in [0.1, 0.15) is 67.1 Å². The molecular weight excluding hydrogens is 868 g/mol. The van der Waals surface area contributed by atoms with Gasteiger partial charge in [0.15, 0.2) is 11.4 Å². The van der Waals surface area contributed by atoms with Gasteiger partial charge in [0.25, 0.3) is 5.91 Å². The molecule has 0 bridgehead atoms. The molecule has 0 aliphatic carbocycles. The molecule has 16 nitrogen and oxygen atoms in total. The number of benzene rings is 2. The number of imidazole rings is 2. The SMILES string of the molecule is Cc1nn(C)cc1C(O)c1c(C(=O)O)nc2n1CCOc1cc(F)c(Br)cc1-2.Cc1nn(C)cc1C(O)c1c(C(N)=O)nc2n1CCOc1cc(F)c(Br)cc1-2. The van der Waals surface area contributed by atoms with Gasteiger partial charge in [-0.3, -0.25) is 14.2 Å². The van der Waals surface area contributed by atoms with Crippen molar-refractivity contribution in [3.63, 3.8) is 0 Å². The molecule has 56 heavy (non-hydrogen) atoms. The highest BCUT2D eigenvalue weighted by Gasteiger charge is 2.34. The van der Waals surface area contributed by atoms with Crippen molar-refractivity contribution in [3.05, 3.63) is 103 Å². The van der Waals surface area contributed by atoms with Crippen LogP contribution in [-0.2, 0) is 27.2 Å². The van der Waals surface area contributed by atoms with Crippen LogP contribution in [0.4, 0.5) is 8.78 Å². The zero-order valence-electron chi connectivity index (χ0n) is 30.1. The monoisotopic (exact) mass is 899 g/mol. The number of aromatic nitrogens is 8. The van der Waals surface area contributed by atoms with Crippen LogP contribution < -0.4 is 15.2 Å². The van der Waals surface area contributed by atoms with E-state index in [2.05, 4.69) is 52.0 Å². The van der Waals surface area contributed by atoms with Crippen LogP contribution in [-0.4, -0.2) is 79.1 Å². The second-order valence-corrected chi connectivity index (χ2v) is 14.7. The summed E-state index contributed by atoms with van der Waals surface area (Å²) in [4.78, 5) is 32.6. The second kappa shape index (κ2) is 14.9. The largest absolute Gasteiger partial charge is 0.491 e. The average molecular weight is 902 g/mol. The number of amides is 1. The fraction of sp³-hybridized carbons (Fsp3) is 0.278. The zero-order valence-corrected chi connectivity index (χ0v) is 33.3. The van der Waals surface area contributed by atoms with Gasteiger partial charge < -0.3 is 39.7 Å². The number of carbonyl (C=O) groups excluding carboxylic acids is 1. The minimum absolute atomic E-state index is 0.0425. The predicted octanol–water partition coefficient (Wildman–Crippen LogP) is 4.73. The van der Waals surface area contributed by atoms with E-state index in [1.807, 2.05) is 0 Å². The second-order valence-electron chi connectivity index (χ2n) is 13.0. The van der Waals surface area contributed by atoms with Gasteiger partial charge in [0.2, 0.25) is 0 Å². The summed E-state index contributed by atoms with van der Waals surface area (Å²) >= 11 is 6.30. The van der Waals surface area contributed by atoms with Crippen molar-refractivity contribution in [2.45, 2.75) is 39.1 Å². The lowest BCUT2D eigenvalue weighted by atomic mass is 10.1. The number of primary amides is 1. The number of ether oxygens (including phenoxy) is 2. The van der Waals surface area contributed by atoms with Crippen molar-refractivity contribution in [3.8, 4) is 34.3 Å². The molecule has 2 atom stereocenters. The summed E-state index contributed by atoms with van der Waals surface area (Å²) in [5.74, 6) is -1.76. The quantitative estimate of drug-likeness (QED) is 0.180. The highest BCUT2D eigenvalue weighted by molar-refractivity contribution is 9.10. The van der Waals surface area contributed by atoms with Gasteiger partial charge in [0.05, 0.1) is 55.9 Å². The topological polar surface area (TPSA) is 211 Å². The summed E-state index contributed by atoms with van der Waals surface area (Å²) in [5, 5.41) is 40.2. The molecule has 2 aliphatic heterocycles. The third-order valence-electron chi connectivity index (χ3n) is 9.33. The Morgan fingerprint density at radius 3 is 1.55 bits per heavy atom. The number of fused-ring (bicyclic) bond motifs is 6. The molecule has 0 spiro atoms. The number of carboxylic acid groups (broad SMARTS) is 1. The van der Waals surface area contributed by atoms with Crippen molar-refractivity contribution in [1.82, 2.24) is 38.7 Å². The minimum atomic E-state index is -1.26. The molecule has 2 unspecified atom stereocenters. The Bertz CT molecular complexity index is 2390. The van der Waals surface area contributed by atoms with Gasteiger partial charge in [0.1, 0.15) is 60.2 Å². The summed E-state index contributed by atoms with van der Waals surface area (Å²) in [5.41, 5.74) is 8.80. The smallest absolute Gasteiger partial charge is 0.356 e. The molecule has 0 saturated carbocycles. The highest BCUT2D eigenvalue weighted by atomic mass is 79.9. The van der Waals surface area contributed by atoms with Crippen LogP contribution >= 0.6 is 31.9 Å². The molecular formula is C36H33Br2F2N9O7. The first-order valence-electron chi connectivity index (χ1n) is 16.9. The Morgan fingerprint density at radius 1 is 0.768 bits per heavy atom. The molecule has 0 saturated heterocycles. The fourth-order valence-corrected chi connectivity index (χ4v) is 7.58. The Morgan fingerprint density at radius 2 is 1.18 bits per heavy atom. The zero-order chi connectivity index (χ0) is 40.3. The number of nitrogens with two attached hydrogens (primary N) is 1. The third-order valence-corrected chi connectivity index (χ3v) is 10.5. The third kappa shape index (κ3) is 6.86. The van der Waals surface area contributed by atoms with Gasteiger partial charge in [-0.1, -0.05) is 0 Å². The number of carboxylic acids is 1. The molecule has 5 N–H and O–H groups in total. The van der Waals surface area contributed by atoms with Gasteiger partial charge >= 0.3 is 5.97 Å². The lowest BCUT2D eigenvalue weighted by molar-refractivity contribution is 0.0683. The average Bonchev–Trinajstić information content (AvgIpc) is 3.84. The molecule has 0 fully saturated rings. The van der Waals surface area contributed by atoms with E-state index in [4.69, 9.17) is 15.2 Å². The number of aliphatic hydroxyl groups is 2. The molecule has 2 aliphatic rings. The van der Waals surface area contributed by atoms with Gasteiger partial charge in [-0.25, -0.2) is 23.5 Å². The van der Waals surface area contributed by atoms with Gasteiger partial charge in [-0.2, -0.15) is 10.2 Å². The van der Waals surface area contributed by atoms with Crippen LogP contribution in [0.15, 0.2) is 45.6 Å². The molecule has 292 valence electrons. The molecule has 1 amide bonds. The number of aliphatic hydroxyl groups excluding tert-OH is 2. The number of halogens is 4. The van der Waals surface area contributed by atoms with Crippen molar-refractivity contribution < 1.29 is 43.2 Å². The maximum absolute atomic E-state index is 13.9. The van der Waals surface area contributed by atoms with Crippen LogP contribution in [0.2, 0.25) is 0 Å². The first-order chi connectivity index (χ1) is 26.5. The number of nitrogens with zero attached hydrogens (tertiary/aromatic N) is 8. The van der Waals surface area contributed by atoms with E-state index in [1.165, 1.54) is 24.3 Å². The summed E-state index contributed by atoms with van der Waals surface area (Å²) < 4.78 is 46.0. The summed E-state index contributed by atoms with van der Waals surface area (Å²) in [6, 6.07) is 5.51. The van der Waals surface area contributed by atoms with Crippen molar-refractivity contribution in [2.24, 2.45) is 19.8 Å². The Hall–Kier alpha value is -5.44. The van der Waals surface area contributed by atoms with E-state index in [0.717, 1.165) is 0 Å². The van der Waals surface area contributed by atoms with E-state index < -0.39 is 35.7 Å². The first kappa shape index (κ1) is 38.8. The van der Waals surface area contributed by atoms with E-state index in [1.54, 1.807) is 58.8 Å². The number of hydrogen-bond donors (Lipinski definition) is 4. The Labute approximate surface area is 333 Å². The normalized spacial score (nSPS) is 14.0. The Balaban J connectivity index is 0.000000172. The highest BCUT2D eigenvalue weighted by Crippen LogP contribution is 2.41. The molecule has 6 aromatic rings. The van der Waals surface area contributed by atoms with Crippen molar-refractivity contribution in [1.29, 1.82) is 0 Å². The summed E-state index contributed by atoms with van der Waals surface area (Å²) in [6.07, 6.45) is 0.908. The van der Waals surface area contributed by atoms with Gasteiger partial charge in [0, 0.05) is 49.7 Å². The van der Waals surface area contributed by atoms with E-state index in [-0.39, 0.29) is 57.2 Å². The maximum Gasteiger partial charge on any atom is 0.356 e. The van der Waals surface area contributed by atoms with Crippen LogP contribution in [0.5, 0.6) is 11.5 Å². The number of carbonyl (C=O) groups is 2. The molecule has 2 aromatic carbocycles. The summed E-state index contributed by atoms with van der Waals surface area (Å²) in [7, 11) is 3.46. The van der Waals surface area contributed by atoms with E-state index in [0.29, 0.717) is 57.6 Å². The molecule has 20 heteroatoms. The first-order valence-corrected chi connectivity index (χ1v) is 18.5. The lowest BCUT2D eigenvalue weighted by Gasteiger charge is -2.15. The van der Waals surface area contributed by atoms with Crippen molar-refractivity contribution >= 4 is 43.7 Å². The lowest BCUT2D eigenvalue weighted by Crippen LogP contribution is -2.19. The van der Waals surface area contributed by atoms with Crippen LogP contribution in [0.25, 0.3) is 22.8 Å². The van der Waals surface area contributed by atoms with E-state index >= 15 is 0 Å². The summed E-state index contributed by atoms with van der Waals surface area (Å²) in [6.45, 7) is 4.42. The van der Waals surface area contributed by atoms with Crippen LogP contribution in [0.3, 0.4) is 0 Å². The predicted molar refractivity (Wildman–Crippen MR) is 201 cm³/mol. The number of hydrogen-bond acceptors (Lipinski definition) is 10. The number of rotatable bonds is 6. The number of aromatic carboxylic acids is 1. The number of aryl methyl sites for hydroxylation is 4. The van der Waals surface area contributed by atoms with Gasteiger partial charge in [-0.05, 0) is 57.8 Å². The standard InChI is InChI=1S/C18H17BrFN5O3.C18H16BrFN4O4/c1-8-10(7-24(2)23-8)16(26)15-14(17(21)27)22-18-9-5-11(19)12(20)6-13(9)28-4-3-25(15)18;1-8-10(7-23(2)22-8)16(25)15-14(18(26)27)21-17-9-5-11(19)12(20)6-13(9)28-4-3-24(15)17/h5-7,16,26H,3-4H2,1-2H3,(H2,21,27);5-7,16,25H,3-4H2,1-2H3,(H,26,27). The maximum atomic E-state index is 13.9. The molecule has 6 heterocycles. The Kier molecular flexibility index (Phi) is 10.3. The van der Waals surface area contributed by atoms with Crippen LogP contribution in [0, 0.1) is 25.5 Å². The van der Waals surface area contributed by atoms with Crippen molar-refractivity contribution in [2.75, 3.05) is 13.2 Å². The fourth-order valence-electron chi connectivity index (χ4n) is 6.89. The van der Waals surface area contributed by atoms with Gasteiger partial charge in [-0.15, -0.1) is 0 Å². The van der Waals surface area contributed by atoms with E-state index in [9.17, 15) is 33.7 Å². The molecule has 0 radical (unpaired) electrons. The minimum Gasteiger partial charge on any atom is -0.491 e.